The van der Waals surface area contributed by atoms with Gasteiger partial charge < -0.3 is 4.84 Å². The molecule has 4 aromatic rings. The highest BCUT2D eigenvalue weighted by Gasteiger charge is 2.14. The number of fused-ring (bicyclic) bond motifs is 1. The molecule has 118 valence electrons. The Labute approximate surface area is 144 Å². The van der Waals surface area contributed by atoms with E-state index in [0.29, 0.717) is 23.1 Å². The van der Waals surface area contributed by atoms with Crippen molar-refractivity contribution in [1.29, 1.82) is 0 Å². The second-order valence-electron chi connectivity index (χ2n) is 5.34. The zero-order chi connectivity index (χ0) is 16.4. The third-order valence-corrected chi connectivity index (χ3v) is 3.95. The second kappa shape index (κ2) is 6.34. The summed E-state index contributed by atoms with van der Waals surface area (Å²) in [4.78, 5) is 15.0. The third kappa shape index (κ3) is 2.84. The summed E-state index contributed by atoms with van der Waals surface area (Å²) in [5, 5.41) is 0.685. The average Bonchev–Trinajstić information content (AvgIpc) is 3.00. The molecule has 0 saturated heterocycles. The van der Waals surface area contributed by atoms with Crippen molar-refractivity contribution in [1.82, 2.24) is 14.7 Å². The lowest BCUT2D eigenvalue weighted by Crippen LogP contribution is -2.12. The van der Waals surface area contributed by atoms with Crippen LogP contribution in [0.4, 0.5) is 0 Å². The normalized spacial score (nSPS) is 10.9. The summed E-state index contributed by atoms with van der Waals surface area (Å²) in [7, 11) is 0. The van der Waals surface area contributed by atoms with Crippen molar-refractivity contribution in [3.05, 3.63) is 83.5 Å². The summed E-state index contributed by atoms with van der Waals surface area (Å²) < 4.78 is 1.73. The van der Waals surface area contributed by atoms with Gasteiger partial charge in [-0.25, -0.2) is 9.97 Å². The van der Waals surface area contributed by atoms with Crippen LogP contribution in [0.25, 0.3) is 22.6 Å². The highest BCUT2D eigenvalue weighted by Crippen LogP contribution is 2.24. The number of imidazole rings is 1. The summed E-state index contributed by atoms with van der Waals surface area (Å²) >= 11 is 5.99. The van der Waals surface area contributed by atoms with Crippen molar-refractivity contribution >= 4 is 22.8 Å². The van der Waals surface area contributed by atoms with Crippen molar-refractivity contribution < 1.29 is 4.84 Å². The van der Waals surface area contributed by atoms with Gasteiger partial charge in [0.1, 0.15) is 12.1 Å². The minimum Gasteiger partial charge on any atom is -0.407 e. The molecule has 2 aromatic carbocycles. The molecule has 5 heteroatoms. The Morgan fingerprint density at radius 1 is 0.917 bits per heavy atom. The Morgan fingerprint density at radius 3 is 2.50 bits per heavy atom. The SMILES string of the molecule is Clc1ccc(-c2nc3ncccc3n2OCc2ccccc2)cc1. The van der Waals surface area contributed by atoms with Gasteiger partial charge in [-0.2, -0.15) is 4.73 Å². The largest absolute Gasteiger partial charge is 0.407 e. The summed E-state index contributed by atoms with van der Waals surface area (Å²) in [5.41, 5.74) is 3.49. The number of aromatic nitrogens is 3. The predicted octanol–water partition coefficient (Wildman–Crippen LogP) is 4.38. The number of hydrogen-bond donors (Lipinski definition) is 0. The average molecular weight is 336 g/mol. The Kier molecular flexibility index (Phi) is 3.89. The standard InChI is InChI=1S/C19H14ClN3O/c20-16-10-8-15(9-11-16)19-22-18-17(7-4-12-21-18)23(19)24-13-14-5-2-1-3-6-14/h1-12H,13H2. The molecule has 0 atom stereocenters. The van der Waals surface area contributed by atoms with E-state index in [9.17, 15) is 0 Å². The van der Waals surface area contributed by atoms with Crippen molar-refractivity contribution in [2.75, 3.05) is 0 Å². The number of halogens is 1. The van der Waals surface area contributed by atoms with Crippen LogP contribution >= 0.6 is 11.6 Å². The van der Waals surface area contributed by atoms with Crippen LogP contribution in [0.2, 0.25) is 5.02 Å². The van der Waals surface area contributed by atoms with E-state index >= 15 is 0 Å². The van der Waals surface area contributed by atoms with Gasteiger partial charge in [-0.1, -0.05) is 41.9 Å². The number of benzene rings is 2. The second-order valence-corrected chi connectivity index (χ2v) is 5.78. The lowest BCUT2D eigenvalue weighted by molar-refractivity contribution is 0.110. The molecule has 4 rings (SSSR count). The molecule has 4 nitrogen and oxygen atoms in total. The van der Waals surface area contributed by atoms with Crippen molar-refractivity contribution in [3.8, 4) is 11.4 Å². The molecule has 0 aliphatic carbocycles. The van der Waals surface area contributed by atoms with E-state index in [1.54, 1.807) is 10.9 Å². The summed E-state index contributed by atoms with van der Waals surface area (Å²) in [6.07, 6.45) is 1.72. The highest BCUT2D eigenvalue weighted by atomic mass is 35.5. The van der Waals surface area contributed by atoms with Gasteiger partial charge in [0.2, 0.25) is 0 Å². The van der Waals surface area contributed by atoms with E-state index in [1.807, 2.05) is 66.7 Å². The van der Waals surface area contributed by atoms with Crippen LogP contribution in [0.5, 0.6) is 0 Å². The van der Waals surface area contributed by atoms with E-state index in [1.165, 1.54) is 0 Å². The van der Waals surface area contributed by atoms with E-state index in [0.717, 1.165) is 16.6 Å². The van der Waals surface area contributed by atoms with Gasteiger partial charge in [-0.15, -0.1) is 0 Å². The maximum Gasteiger partial charge on any atom is 0.181 e. The molecular formula is C19H14ClN3O. The zero-order valence-electron chi connectivity index (χ0n) is 12.8. The van der Waals surface area contributed by atoms with E-state index in [-0.39, 0.29) is 0 Å². The molecule has 0 saturated carbocycles. The number of nitrogens with zero attached hydrogens (tertiary/aromatic N) is 3. The van der Waals surface area contributed by atoms with E-state index in [2.05, 4.69) is 9.97 Å². The van der Waals surface area contributed by atoms with Crippen LogP contribution < -0.4 is 4.84 Å². The number of pyridine rings is 1. The Hall–Kier alpha value is -2.85. The summed E-state index contributed by atoms with van der Waals surface area (Å²) in [6.45, 7) is 0.446. The van der Waals surface area contributed by atoms with Crippen LogP contribution in [-0.4, -0.2) is 14.7 Å². The fraction of sp³-hybridized carbons (Fsp3) is 0.0526. The maximum absolute atomic E-state index is 6.04. The molecule has 0 N–H and O–H groups in total. The molecule has 0 bridgehead atoms. The monoisotopic (exact) mass is 335 g/mol. The molecule has 0 amide bonds. The third-order valence-electron chi connectivity index (χ3n) is 3.69. The topological polar surface area (TPSA) is 39.9 Å². The Balaban J connectivity index is 1.77. The predicted molar refractivity (Wildman–Crippen MR) is 94.7 cm³/mol. The van der Waals surface area contributed by atoms with Gasteiger partial charge in [0.25, 0.3) is 0 Å². The lowest BCUT2D eigenvalue weighted by Gasteiger charge is -2.11. The highest BCUT2D eigenvalue weighted by molar-refractivity contribution is 6.30. The fourth-order valence-electron chi connectivity index (χ4n) is 2.52. The van der Waals surface area contributed by atoms with E-state index < -0.39 is 0 Å². The molecule has 0 radical (unpaired) electrons. The van der Waals surface area contributed by atoms with Gasteiger partial charge in [-0.05, 0) is 42.0 Å². The zero-order valence-corrected chi connectivity index (χ0v) is 13.5. The van der Waals surface area contributed by atoms with Crippen LogP contribution in [-0.2, 0) is 6.61 Å². The van der Waals surface area contributed by atoms with Gasteiger partial charge in [0.15, 0.2) is 11.5 Å². The van der Waals surface area contributed by atoms with Crippen LogP contribution in [0, 0.1) is 0 Å². The van der Waals surface area contributed by atoms with Crippen molar-refractivity contribution in [2.45, 2.75) is 6.61 Å². The summed E-state index contributed by atoms with van der Waals surface area (Å²) in [6, 6.07) is 21.4. The minimum absolute atomic E-state index is 0.446. The number of hydrogen-bond acceptors (Lipinski definition) is 3. The van der Waals surface area contributed by atoms with Gasteiger partial charge in [0.05, 0.1) is 0 Å². The number of rotatable bonds is 4. The molecule has 0 spiro atoms. The molecule has 0 aliphatic heterocycles. The van der Waals surface area contributed by atoms with Crippen LogP contribution in [0.15, 0.2) is 72.9 Å². The quantitative estimate of drug-likeness (QED) is 0.555. The summed E-state index contributed by atoms with van der Waals surface area (Å²) in [5.74, 6) is 0.705. The Morgan fingerprint density at radius 2 is 1.71 bits per heavy atom. The fourth-order valence-corrected chi connectivity index (χ4v) is 2.64. The molecule has 0 unspecified atom stereocenters. The van der Waals surface area contributed by atoms with E-state index in [4.69, 9.17) is 16.4 Å². The maximum atomic E-state index is 6.04. The Bertz CT molecular complexity index is 965. The van der Waals surface area contributed by atoms with Crippen molar-refractivity contribution in [2.24, 2.45) is 0 Å². The first-order chi connectivity index (χ1) is 11.8. The van der Waals surface area contributed by atoms with Gasteiger partial charge >= 0.3 is 0 Å². The molecule has 24 heavy (non-hydrogen) atoms. The van der Waals surface area contributed by atoms with Crippen LogP contribution in [0.1, 0.15) is 5.56 Å². The molecule has 2 aromatic heterocycles. The first-order valence-corrected chi connectivity index (χ1v) is 7.96. The molecule has 0 aliphatic rings. The first-order valence-electron chi connectivity index (χ1n) is 7.58. The first kappa shape index (κ1) is 14.7. The molecule has 0 fully saturated rings. The molecular weight excluding hydrogens is 322 g/mol. The lowest BCUT2D eigenvalue weighted by atomic mass is 10.2. The van der Waals surface area contributed by atoms with Gasteiger partial charge in [0, 0.05) is 16.8 Å². The van der Waals surface area contributed by atoms with Crippen molar-refractivity contribution in [3.63, 3.8) is 0 Å². The smallest absolute Gasteiger partial charge is 0.181 e. The molecule has 2 heterocycles. The minimum atomic E-state index is 0.446. The van der Waals surface area contributed by atoms with Gasteiger partial charge in [-0.3, -0.25) is 0 Å². The van der Waals surface area contributed by atoms with Crippen LogP contribution in [0.3, 0.4) is 0 Å².